The lowest BCUT2D eigenvalue weighted by Crippen LogP contribution is -2.28. The third kappa shape index (κ3) is 11.8. The number of hydrogen-bond acceptors (Lipinski definition) is 0. The summed E-state index contributed by atoms with van der Waals surface area (Å²) < 4.78 is 0. The maximum Gasteiger partial charge on any atom is -0.0104 e. The second-order valence-electron chi connectivity index (χ2n) is 14.4. The minimum Gasteiger partial charge on any atom is -0.0853 e. The first-order chi connectivity index (χ1) is 18.8. The van der Waals surface area contributed by atoms with E-state index in [1.807, 2.05) is 0 Å². The molecule has 0 spiro atoms. The Hall–Kier alpha value is -2.08. The van der Waals surface area contributed by atoms with E-state index in [2.05, 4.69) is 130 Å². The largest absolute Gasteiger partial charge is 0.0853 e. The molecule has 0 heterocycles. The monoisotopic (exact) mass is 542 g/mol. The van der Waals surface area contributed by atoms with E-state index in [-0.39, 0.29) is 0 Å². The molecule has 0 amide bonds. The molecular formula is C40H62. The van der Waals surface area contributed by atoms with E-state index in [0.717, 1.165) is 11.8 Å². The van der Waals surface area contributed by atoms with Crippen LogP contribution in [0.4, 0.5) is 0 Å². The first-order valence-corrected chi connectivity index (χ1v) is 16.2. The molecule has 1 unspecified atom stereocenters. The van der Waals surface area contributed by atoms with Crippen molar-refractivity contribution >= 4 is 0 Å². The van der Waals surface area contributed by atoms with Crippen molar-refractivity contribution in [1.82, 2.24) is 0 Å². The predicted octanol–water partition coefficient (Wildman–Crippen LogP) is 13.0. The second-order valence-corrected chi connectivity index (χ2v) is 14.4. The number of rotatable bonds is 13. The van der Waals surface area contributed by atoms with E-state index in [1.165, 1.54) is 86.5 Å². The molecule has 2 atom stereocenters. The third-order valence-corrected chi connectivity index (χ3v) is 9.59. The van der Waals surface area contributed by atoms with Crippen molar-refractivity contribution < 1.29 is 0 Å². The number of allylic oxidation sites excluding steroid dienone is 16. The quantitative estimate of drug-likeness (QED) is 0.160. The topological polar surface area (TPSA) is 0 Å². The Labute approximate surface area is 249 Å². The van der Waals surface area contributed by atoms with Crippen molar-refractivity contribution in [3.8, 4) is 0 Å². The predicted molar refractivity (Wildman–Crippen MR) is 182 cm³/mol. The van der Waals surface area contributed by atoms with Gasteiger partial charge < -0.3 is 0 Å². The smallest absolute Gasteiger partial charge is 0.0104 e. The van der Waals surface area contributed by atoms with E-state index >= 15 is 0 Å². The van der Waals surface area contributed by atoms with Crippen molar-refractivity contribution in [2.24, 2.45) is 22.7 Å². The van der Waals surface area contributed by atoms with Gasteiger partial charge in [0.2, 0.25) is 0 Å². The lowest BCUT2D eigenvalue weighted by Gasteiger charge is -2.39. The number of hydrogen-bond donors (Lipinski definition) is 0. The van der Waals surface area contributed by atoms with Gasteiger partial charge in [-0.15, -0.1) is 0 Å². The van der Waals surface area contributed by atoms with Gasteiger partial charge in [0.15, 0.2) is 0 Å². The van der Waals surface area contributed by atoms with Crippen LogP contribution >= 0.6 is 0 Å². The summed E-state index contributed by atoms with van der Waals surface area (Å²) in [6, 6.07) is 0. The standard InChI is InChI=1S/C40H62/c1-31(19-13-21-33(3)25-27-37-35(5)23-15-29-39(37,7)8)17-11-12-18-32(2)20-14-22-34(4)26-28-38-36(6)24-16-30-40(38,9)10/h11-13,17-19,21,24-25,27,34,38H,14-16,20,22-23,26,28-30H2,1-10H3/b12-11+,19-13+,27-25+,31-17+,32-18+,33-21+/t34?,38-/m0/s1. The molecule has 0 N–H and O–H groups in total. The van der Waals surface area contributed by atoms with Crippen molar-refractivity contribution in [1.29, 1.82) is 0 Å². The summed E-state index contributed by atoms with van der Waals surface area (Å²) in [5.74, 6) is 1.60. The Morgan fingerprint density at radius 2 is 1.57 bits per heavy atom. The first-order valence-electron chi connectivity index (χ1n) is 16.2. The zero-order valence-corrected chi connectivity index (χ0v) is 28.0. The Morgan fingerprint density at radius 3 is 2.27 bits per heavy atom. The van der Waals surface area contributed by atoms with E-state index < -0.39 is 0 Å². The van der Waals surface area contributed by atoms with Gasteiger partial charge in [-0.1, -0.05) is 136 Å². The zero-order chi connectivity index (χ0) is 29.8. The summed E-state index contributed by atoms with van der Waals surface area (Å²) in [5, 5.41) is 0. The van der Waals surface area contributed by atoms with Crippen molar-refractivity contribution in [2.45, 2.75) is 133 Å². The van der Waals surface area contributed by atoms with Crippen LogP contribution in [0.3, 0.4) is 0 Å². The molecule has 2 aliphatic rings. The summed E-state index contributed by atoms with van der Waals surface area (Å²) in [5.41, 5.74) is 9.54. The maximum atomic E-state index is 2.49. The van der Waals surface area contributed by atoms with Crippen molar-refractivity contribution in [2.75, 3.05) is 0 Å². The van der Waals surface area contributed by atoms with Crippen LogP contribution in [-0.4, -0.2) is 0 Å². The highest BCUT2D eigenvalue weighted by Crippen LogP contribution is 2.44. The Morgan fingerprint density at radius 1 is 0.900 bits per heavy atom. The van der Waals surface area contributed by atoms with E-state index in [9.17, 15) is 0 Å². The fourth-order valence-corrected chi connectivity index (χ4v) is 6.75. The highest BCUT2D eigenvalue weighted by atomic mass is 14.4. The molecule has 0 nitrogen and oxygen atoms in total. The molecule has 0 bridgehead atoms. The molecule has 40 heavy (non-hydrogen) atoms. The normalized spacial score (nSPS) is 23.5. The Balaban J connectivity index is 1.73. The van der Waals surface area contributed by atoms with Crippen LogP contribution in [0.15, 0.2) is 94.2 Å². The highest BCUT2D eigenvalue weighted by Gasteiger charge is 2.32. The highest BCUT2D eigenvalue weighted by molar-refractivity contribution is 5.37. The summed E-state index contributed by atoms with van der Waals surface area (Å²) >= 11 is 0. The fourth-order valence-electron chi connectivity index (χ4n) is 6.75. The zero-order valence-electron chi connectivity index (χ0n) is 28.0. The molecule has 2 rings (SSSR count). The molecule has 0 saturated carbocycles. The minimum atomic E-state index is 0.301. The van der Waals surface area contributed by atoms with Gasteiger partial charge in [-0.2, -0.15) is 0 Å². The molecule has 0 aromatic carbocycles. The molecule has 0 fully saturated rings. The van der Waals surface area contributed by atoms with Gasteiger partial charge in [-0.3, -0.25) is 0 Å². The van der Waals surface area contributed by atoms with Crippen LogP contribution in [0.2, 0.25) is 0 Å². The first kappa shape index (κ1) is 34.1. The lowest BCUT2D eigenvalue weighted by molar-refractivity contribution is 0.193. The van der Waals surface area contributed by atoms with Gasteiger partial charge in [0.05, 0.1) is 0 Å². The molecule has 2 aliphatic carbocycles. The van der Waals surface area contributed by atoms with Crippen molar-refractivity contribution in [3.05, 3.63) is 94.2 Å². The Bertz CT molecular complexity index is 1050. The van der Waals surface area contributed by atoms with Crippen LogP contribution in [0, 0.1) is 22.7 Å². The summed E-state index contributed by atoms with van der Waals surface area (Å²) in [7, 11) is 0. The fraction of sp³-hybridized carbons (Fsp3) is 0.600. The molecule has 222 valence electrons. The molecule has 0 radical (unpaired) electrons. The van der Waals surface area contributed by atoms with Crippen LogP contribution in [-0.2, 0) is 0 Å². The molecular weight excluding hydrogens is 480 g/mol. The van der Waals surface area contributed by atoms with E-state index in [4.69, 9.17) is 0 Å². The molecule has 0 aromatic rings. The van der Waals surface area contributed by atoms with Gasteiger partial charge >= 0.3 is 0 Å². The molecule has 0 aliphatic heterocycles. The average Bonchev–Trinajstić information content (AvgIpc) is 2.85. The lowest BCUT2D eigenvalue weighted by atomic mass is 9.66. The Kier molecular flexibility index (Phi) is 14.0. The summed E-state index contributed by atoms with van der Waals surface area (Å²) in [6.45, 7) is 23.5. The van der Waals surface area contributed by atoms with Crippen LogP contribution < -0.4 is 0 Å². The van der Waals surface area contributed by atoms with Crippen LogP contribution in [0.1, 0.15) is 133 Å². The van der Waals surface area contributed by atoms with E-state index in [1.54, 1.807) is 11.1 Å². The summed E-state index contributed by atoms with van der Waals surface area (Å²) in [4.78, 5) is 0. The van der Waals surface area contributed by atoms with Gasteiger partial charge in [-0.25, -0.2) is 0 Å². The van der Waals surface area contributed by atoms with Gasteiger partial charge in [0, 0.05) is 0 Å². The molecule has 0 heteroatoms. The summed E-state index contributed by atoms with van der Waals surface area (Å²) in [6.07, 6.45) is 35.6. The second kappa shape index (κ2) is 16.4. The maximum absolute atomic E-state index is 2.49. The van der Waals surface area contributed by atoms with Gasteiger partial charge in [-0.05, 0) is 114 Å². The third-order valence-electron chi connectivity index (χ3n) is 9.59. The van der Waals surface area contributed by atoms with Crippen LogP contribution in [0.5, 0.6) is 0 Å². The average molecular weight is 543 g/mol. The molecule has 0 aromatic heterocycles. The SMILES string of the molecule is CC1=CCCC(C)(C)[C@H]1CCC(C)CCC/C(C)=C/C=C/C=C(C)/C=C/C=C(C)/C=C/C1=C(C)CCCC1(C)C. The van der Waals surface area contributed by atoms with E-state index in [0.29, 0.717) is 10.8 Å². The van der Waals surface area contributed by atoms with Crippen LogP contribution in [0.25, 0.3) is 0 Å². The van der Waals surface area contributed by atoms with Gasteiger partial charge in [0.1, 0.15) is 0 Å². The van der Waals surface area contributed by atoms with Crippen molar-refractivity contribution in [3.63, 3.8) is 0 Å². The minimum absolute atomic E-state index is 0.301. The molecule has 0 saturated heterocycles. The van der Waals surface area contributed by atoms with Gasteiger partial charge in [0.25, 0.3) is 0 Å².